The Balaban J connectivity index is 0.00000242. The second kappa shape index (κ2) is 10.3. The molecular formula is C15H24Cl3N3O2. The van der Waals surface area contributed by atoms with Crippen LogP contribution in [0.25, 0.3) is 0 Å². The molecule has 0 saturated carbocycles. The molecule has 0 bridgehead atoms. The van der Waals surface area contributed by atoms with Crippen LogP contribution in [0.2, 0.25) is 5.02 Å². The predicted molar refractivity (Wildman–Crippen MR) is 99.2 cm³/mol. The van der Waals surface area contributed by atoms with Gasteiger partial charge in [0.25, 0.3) is 5.69 Å². The van der Waals surface area contributed by atoms with E-state index in [2.05, 4.69) is 24.1 Å². The topological polar surface area (TPSA) is 58.4 Å². The van der Waals surface area contributed by atoms with E-state index >= 15 is 0 Å². The molecule has 1 heterocycles. The molecule has 0 amide bonds. The van der Waals surface area contributed by atoms with Crippen LogP contribution in [0, 0.1) is 16.0 Å². The fourth-order valence-corrected chi connectivity index (χ4v) is 3.16. The summed E-state index contributed by atoms with van der Waals surface area (Å²) in [6, 6.07) is 4.92. The van der Waals surface area contributed by atoms with Gasteiger partial charge in [-0.1, -0.05) is 31.9 Å². The van der Waals surface area contributed by atoms with Gasteiger partial charge in [0.1, 0.15) is 0 Å². The summed E-state index contributed by atoms with van der Waals surface area (Å²) in [5.74, 6) is 0.334. The van der Waals surface area contributed by atoms with E-state index in [9.17, 15) is 10.1 Å². The Morgan fingerprint density at radius 2 is 1.96 bits per heavy atom. The van der Waals surface area contributed by atoms with E-state index in [4.69, 9.17) is 11.6 Å². The first-order chi connectivity index (χ1) is 10.0. The van der Waals surface area contributed by atoms with Gasteiger partial charge in [-0.25, -0.2) is 0 Å². The lowest BCUT2D eigenvalue weighted by Gasteiger charge is -2.38. The molecule has 0 aliphatic carbocycles. The molecule has 8 heteroatoms. The highest BCUT2D eigenvalue weighted by Gasteiger charge is 2.31. The SMILES string of the molecule is CCC(C)[C@@H](c1cc(Cl)ccc1[N+](=O)[O-])N1CCNCC1.Cl.Cl. The van der Waals surface area contributed by atoms with Gasteiger partial charge in [-0.3, -0.25) is 15.0 Å². The monoisotopic (exact) mass is 383 g/mol. The van der Waals surface area contributed by atoms with Crippen molar-refractivity contribution < 1.29 is 4.92 Å². The Kier molecular flexibility index (Phi) is 10.0. The van der Waals surface area contributed by atoms with Gasteiger partial charge in [0.15, 0.2) is 0 Å². The zero-order chi connectivity index (χ0) is 15.4. The van der Waals surface area contributed by atoms with Crippen molar-refractivity contribution in [2.24, 2.45) is 5.92 Å². The maximum Gasteiger partial charge on any atom is 0.274 e. The molecular weight excluding hydrogens is 361 g/mol. The Bertz CT molecular complexity index is 511. The third kappa shape index (κ3) is 5.47. The molecule has 5 nitrogen and oxygen atoms in total. The maximum atomic E-state index is 11.4. The van der Waals surface area contributed by atoms with E-state index in [1.807, 2.05) is 0 Å². The number of hydrogen-bond donors (Lipinski definition) is 1. The minimum atomic E-state index is -0.302. The van der Waals surface area contributed by atoms with Crippen molar-refractivity contribution in [3.63, 3.8) is 0 Å². The normalized spacial score (nSPS) is 17.5. The summed E-state index contributed by atoms with van der Waals surface area (Å²) >= 11 is 6.10. The predicted octanol–water partition coefficient (Wildman–Crippen LogP) is 4.08. The van der Waals surface area contributed by atoms with Crippen molar-refractivity contribution in [3.05, 3.63) is 38.9 Å². The van der Waals surface area contributed by atoms with Crippen molar-refractivity contribution in [2.75, 3.05) is 26.2 Å². The van der Waals surface area contributed by atoms with Crippen molar-refractivity contribution in [3.8, 4) is 0 Å². The number of halogens is 3. The van der Waals surface area contributed by atoms with Crippen LogP contribution in [0.4, 0.5) is 5.69 Å². The maximum absolute atomic E-state index is 11.4. The van der Waals surface area contributed by atoms with E-state index in [1.54, 1.807) is 12.1 Å². The second-order valence-corrected chi connectivity index (χ2v) is 6.01. The quantitative estimate of drug-likeness (QED) is 0.614. The number of hydrogen-bond acceptors (Lipinski definition) is 4. The Morgan fingerprint density at radius 3 is 2.48 bits per heavy atom. The van der Waals surface area contributed by atoms with Crippen LogP contribution in [0.3, 0.4) is 0 Å². The molecule has 1 aliphatic rings. The highest BCUT2D eigenvalue weighted by atomic mass is 35.5. The van der Waals surface area contributed by atoms with Gasteiger partial charge in [-0.15, -0.1) is 24.8 Å². The fraction of sp³-hybridized carbons (Fsp3) is 0.600. The molecule has 2 rings (SSSR count). The molecule has 23 heavy (non-hydrogen) atoms. The van der Waals surface area contributed by atoms with Crippen LogP contribution in [-0.2, 0) is 0 Å². The summed E-state index contributed by atoms with van der Waals surface area (Å²) in [6.45, 7) is 7.91. The largest absolute Gasteiger partial charge is 0.314 e. The highest BCUT2D eigenvalue weighted by molar-refractivity contribution is 6.30. The average Bonchev–Trinajstić information content (AvgIpc) is 2.48. The van der Waals surface area contributed by atoms with Crippen LogP contribution in [0.5, 0.6) is 0 Å². The molecule has 1 aliphatic heterocycles. The van der Waals surface area contributed by atoms with Crippen molar-refractivity contribution >= 4 is 42.1 Å². The number of nitrogens with zero attached hydrogens (tertiary/aromatic N) is 2. The number of nitro benzene ring substituents is 1. The van der Waals surface area contributed by atoms with Crippen LogP contribution >= 0.6 is 36.4 Å². The lowest BCUT2D eigenvalue weighted by Crippen LogP contribution is -2.46. The van der Waals surface area contributed by atoms with Crippen LogP contribution in [-0.4, -0.2) is 36.0 Å². The van der Waals surface area contributed by atoms with Gasteiger partial charge < -0.3 is 5.32 Å². The average molecular weight is 385 g/mol. The van der Waals surface area contributed by atoms with E-state index < -0.39 is 0 Å². The number of piperazine rings is 1. The summed E-state index contributed by atoms with van der Waals surface area (Å²) in [5, 5.41) is 15.2. The number of nitro groups is 1. The van der Waals surface area contributed by atoms with E-state index in [1.165, 1.54) is 6.07 Å². The van der Waals surface area contributed by atoms with Crippen molar-refractivity contribution in [2.45, 2.75) is 26.3 Å². The molecule has 1 saturated heterocycles. The molecule has 132 valence electrons. The number of nitrogens with one attached hydrogen (secondary N) is 1. The first-order valence-corrected chi connectivity index (χ1v) is 7.81. The summed E-state index contributed by atoms with van der Waals surface area (Å²) in [5.41, 5.74) is 0.909. The van der Waals surface area contributed by atoms with Crippen molar-refractivity contribution in [1.82, 2.24) is 10.2 Å². The Morgan fingerprint density at radius 1 is 1.35 bits per heavy atom. The fourth-order valence-electron chi connectivity index (χ4n) is 2.98. The smallest absolute Gasteiger partial charge is 0.274 e. The van der Waals surface area contributed by atoms with Crippen molar-refractivity contribution in [1.29, 1.82) is 0 Å². The third-order valence-electron chi connectivity index (χ3n) is 4.23. The summed E-state index contributed by atoms with van der Waals surface area (Å²) < 4.78 is 0. The molecule has 0 radical (unpaired) electrons. The molecule has 1 fully saturated rings. The zero-order valence-electron chi connectivity index (χ0n) is 13.3. The molecule has 1 aromatic rings. The standard InChI is InChI=1S/C15H22ClN3O2.2ClH/c1-3-11(2)15(18-8-6-17-7-9-18)13-10-12(16)4-5-14(13)19(20)21;;/h4-5,10-11,15,17H,3,6-9H2,1-2H3;2*1H/t11?,15-;;/m0../s1. The minimum absolute atomic E-state index is 0. The molecule has 0 aromatic heterocycles. The van der Waals surface area contributed by atoms with Gasteiger partial charge in [0.2, 0.25) is 0 Å². The van der Waals surface area contributed by atoms with Gasteiger partial charge in [0.05, 0.1) is 4.92 Å². The first kappa shape index (κ1) is 22.4. The van der Waals surface area contributed by atoms with Gasteiger partial charge in [-0.2, -0.15) is 0 Å². The van der Waals surface area contributed by atoms with E-state index in [0.717, 1.165) is 38.2 Å². The van der Waals surface area contributed by atoms with Crippen LogP contribution in [0.1, 0.15) is 31.9 Å². The lowest BCUT2D eigenvalue weighted by molar-refractivity contribution is -0.386. The molecule has 1 aromatic carbocycles. The zero-order valence-corrected chi connectivity index (χ0v) is 15.7. The lowest BCUT2D eigenvalue weighted by atomic mass is 9.89. The first-order valence-electron chi connectivity index (χ1n) is 7.43. The molecule has 2 atom stereocenters. The second-order valence-electron chi connectivity index (χ2n) is 5.58. The van der Waals surface area contributed by atoms with Crippen LogP contribution in [0.15, 0.2) is 18.2 Å². The Labute approximate surface area is 154 Å². The summed E-state index contributed by atoms with van der Waals surface area (Å²) in [4.78, 5) is 13.4. The third-order valence-corrected chi connectivity index (χ3v) is 4.47. The number of benzene rings is 1. The molecule has 1 N–H and O–H groups in total. The van der Waals surface area contributed by atoms with Gasteiger partial charge in [0, 0.05) is 48.9 Å². The molecule has 0 spiro atoms. The number of rotatable bonds is 5. The summed E-state index contributed by atoms with van der Waals surface area (Å²) in [6.07, 6.45) is 0.970. The highest BCUT2D eigenvalue weighted by Crippen LogP contribution is 2.37. The van der Waals surface area contributed by atoms with Crippen LogP contribution < -0.4 is 5.32 Å². The minimum Gasteiger partial charge on any atom is -0.314 e. The summed E-state index contributed by atoms with van der Waals surface area (Å²) in [7, 11) is 0. The van der Waals surface area contributed by atoms with E-state index in [0.29, 0.717) is 10.9 Å². The Hall–Kier alpha value is -0.590. The van der Waals surface area contributed by atoms with Gasteiger partial charge >= 0.3 is 0 Å². The van der Waals surface area contributed by atoms with Gasteiger partial charge in [-0.05, 0) is 18.1 Å². The van der Waals surface area contributed by atoms with E-state index in [-0.39, 0.29) is 41.5 Å². The molecule has 1 unspecified atom stereocenters.